The van der Waals surface area contributed by atoms with Crippen LogP contribution < -0.4 is 0 Å². The number of thioether (sulfide) groups is 1. The maximum absolute atomic E-state index is 12.0. The fraction of sp³-hybridized carbons (Fsp3) is 0.625. The number of rotatable bonds is 2. The maximum atomic E-state index is 12.0. The zero-order chi connectivity index (χ0) is 12.5. The Kier molecular flexibility index (Phi) is 3.38. The first-order valence-corrected chi connectivity index (χ1v) is 8.04. The summed E-state index contributed by atoms with van der Waals surface area (Å²) in [5.41, 5.74) is 0.144. The van der Waals surface area contributed by atoms with Gasteiger partial charge in [0, 0.05) is 24.3 Å². The van der Waals surface area contributed by atoms with Crippen molar-refractivity contribution in [3.05, 3.63) is 11.9 Å². The van der Waals surface area contributed by atoms with Gasteiger partial charge in [-0.1, -0.05) is 0 Å². The van der Waals surface area contributed by atoms with Crippen molar-refractivity contribution in [1.29, 1.82) is 0 Å². The molecule has 1 unspecified atom stereocenters. The Morgan fingerprint density at radius 3 is 3.00 bits per heavy atom. The molecule has 0 aliphatic carbocycles. The number of carbonyl (C=O) groups is 1. The smallest absolute Gasteiger partial charge is 0.277 e. The topological polar surface area (TPSA) is 96.0 Å². The van der Waals surface area contributed by atoms with E-state index in [1.807, 2.05) is 0 Å². The lowest BCUT2D eigenvalue weighted by molar-refractivity contribution is 0.0743. The van der Waals surface area contributed by atoms with Gasteiger partial charge in [0.15, 0.2) is 15.5 Å². The van der Waals surface area contributed by atoms with Crippen LogP contribution in [0.4, 0.5) is 0 Å². The number of carbonyl (C=O) groups excluding carboxylic acids is 1. The summed E-state index contributed by atoms with van der Waals surface area (Å²) < 4.78 is 23.2. The van der Waals surface area contributed by atoms with Gasteiger partial charge in [0.05, 0.1) is 6.20 Å². The van der Waals surface area contributed by atoms with E-state index in [1.165, 1.54) is 22.9 Å². The lowest BCUT2D eigenvalue weighted by atomic mass is 10.3. The highest BCUT2D eigenvalue weighted by atomic mass is 32.2. The first kappa shape index (κ1) is 12.4. The van der Waals surface area contributed by atoms with E-state index in [1.54, 1.807) is 0 Å². The summed E-state index contributed by atoms with van der Waals surface area (Å²) in [5, 5.41) is 8.79. The van der Waals surface area contributed by atoms with Gasteiger partial charge in [-0.05, 0) is 0 Å². The fourth-order valence-electron chi connectivity index (χ4n) is 1.62. The first-order valence-electron chi connectivity index (χ1n) is 4.93. The summed E-state index contributed by atoms with van der Waals surface area (Å²) in [6.45, 7) is 0.411. The molecular formula is C8H12N4O3S2. The van der Waals surface area contributed by atoms with Crippen molar-refractivity contribution in [2.45, 2.75) is 5.37 Å². The molecule has 0 bridgehead atoms. The summed E-state index contributed by atoms with van der Waals surface area (Å²) in [7, 11) is -3.29. The van der Waals surface area contributed by atoms with Crippen molar-refractivity contribution in [3.63, 3.8) is 0 Å². The minimum Gasteiger partial charge on any atom is -0.318 e. The van der Waals surface area contributed by atoms with E-state index in [2.05, 4.69) is 15.4 Å². The number of nitrogens with one attached hydrogen (secondary N) is 1. The third-order valence-corrected chi connectivity index (χ3v) is 5.12. The zero-order valence-electron chi connectivity index (χ0n) is 9.16. The number of hydrogen-bond acceptors (Lipinski definition) is 6. The number of sulfone groups is 1. The molecular weight excluding hydrogens is 264 g/mol. The van der Waals surface area contributed by atoms with Crippen molar-refractivity contribution in [2.75, 3.05) is 24.3 Å². The molecule has 0 saturated carbocycles. The Balaban J connectivity index is 2.26. The second-order valence-electron chi connectivity index (χ2n) is 3.71. The molecule has 2 heterocycles. The van der Waals surface area contributed by atoms with Gasteiger partial charge >= 0.3 is 0 Å². The monoisotopic (exact) mass is 276 g/mol. The Bertz CT molecular complexity index is 499. The standard InChI is InChI=1S/C8H12N4O3S2/c1-17(14,15)7-5-16-3-2-12(7)8(13)6-4-9-11-10-6/h4,7H,2-3,5H2,1H3,(H,9,10,11). The van der Waals surface area contributed by atoms with Crippen LogP contribution in [-0.2, 0) is 9.84 Å². The van der Waals surface area contributed by atoms with E-state index in [0.29, 0.717) is 12.3 Å². The van der Waals surface area contributed by atoms with Crippen molar-refractivity contribution in [3.8, 4) is 0 Å². The summed E-state index contributed by atoms with van der Waals surface area (Å²) in [6.07, 6.45) is 2.44. The van der Waals surface area contributed by atoms with Gasteiger partial charge in [-0.15, -0.1) is 0 Å². The van der Waals surface area contributed by atoms with Crippen molar-refractivity contribution in [2.24, 2.45) is 0 Å². The Morgan fingerprint density at radius 2 is 2.41 bits per heavy atom. The fourth-order valence-corrected chi connectivity index (χ4v) is 4.43. The van der Waals surface area contributed by atoms with Gasteiger partial charge in [-0.25, -0.2) is 8.42 Å². The summed E-state index contributed by atoms with van der Waals surface area (Å²) >= 11 is 1.53. The average molecular weight is 276 g/mol. The molecule has 7 nitrogen and oxygen atoms in total. The lowest BCUT2D eigenvalue weighted by Gasteiger charge is -2.33. The van der Waals surface area contributed by atoms with Crippen LogP contribution in [0.15, 0.2) is 6.20 Å². The van der Waals surface area contributed by atoms with E-state index >= 15 is 0 Å². The average Bonchev–Trinajstić information content (AvgIpc) is 2.80. The third-order valence-electron chi connectivity index (χ3n) is 2.47. The second kappa shape index (κ2) is 4.65. The normalized spacial score (nSPS) is 21.5. The molecule has 1 N–H and O–H groups in total. The van der Waals surface area contributed by atoms with Crippen LogP contribution in [0.25, 0.3) is 0 Å². The molecule has 2 rings (SSSR count). The van der Waals surface area contributed by atoms with Crippen molar-refractivity contribution >= 4 is 27.5 Å². The van der Waals surface area contributed by atoms with Crippen LogP contribution in [0.2, 0.25) is 0 Å². The molecule has 1 amide bonds. The Hall–Kier alpha value is -1.09. The van der Waals surface area contributed by atoms with E-state index < -0.39 is 21.1 Å². The summed E-state index contributed by atoms with van der Waals surface area (Å²) in [4.78, 5) is 13.4. The van der Waals surface area contributed by atoms with Gasteiger partial charge < -0.3 is 4.90 Å². The van der Waals surface area contributed by atoms with Crippen LogP contribution in [0.3, 0.4) is 0 Å². The van der Waals surface area contributed by atoms with Gasteiger partial charge in [0.25, 0.3) is 5.91 Å². The molecule has 1 fully saturated rings. The maximum Gasteiger partial charge on any atom is 0.277 e. The molecule has 94 valence electrons. The molecule has 1 aliphatic heterocycles. The van der Waals surface area contributed by atoms with E-state index in [9.17, 15) is 13.2 Å². The molecule has 0 aromatic carbocycles. The third kappa shape index (κ3) is 2.60. The minimum atomic E-state index is -3.29. The van der Waals surface area contributed by atoms with Gasteiger partial charge in [0.1, 0.15) is 5.37 Å². The molecule has 1 atom stereocenters. The molecule has 17 heavy (non-hydrogen) atoms. The van der Waals surface area contributed by atoms with Crippen LogP contribution in [0.5, 0.6) is 0 Å². The van der Waals surface area contributed by atoms with Crippen LogP contribution in [-0.4, -0.2) is 64.3 Å². The van der Waals surface area contributed by atoms with Crippen LogP contribution >= 0.6 is 11.8 Å². The van der Waals surface area contributed by atoms with Crippen LogP contribution in [0, 0.1) is 0 Å². The van der Waals surface area contributed by atoms with Crippen LogP contribution in [0.1, 0.15) is 10.5 Å². The predicted molar refractivity (Wildman–Crippen MR) is 63.4 cm³/mol. The summed E-state index contributed by atoms with van der Waals surface area (Å²) in [5.74, 6) is 0.743. The highest BCUT2D eigenvalue weighted by molar-refractivity contribution is 8.00. The number of aromatic nitrogens is 3. The highest BCUT2D eigenvalue weighted by Crippen LogP contribution is 2.21. The van der Waals surface area contributed by atoms with E-state index in [4.69, 9.17) is 0 Å². The van der Waals surface area contributed by atoms with Crippen molar-refractivity contribution in [1.82, 2.24) is 20.3 Å². The second-order valence-corrected chi connectivity index (χ2v) is 7.07. The lowest BCUT2D eigenvalue weighted by Crippen LogP contribution is -2.50. The SMILES string of the molecule is CS(=O)(=O)C1CSCCN1C(=O)c1cn[nH]n1. The molecule has 1 aromatic rings. The molecule has 0 radical (unpaired) electrons. The van der Waals surface area contributed by atoms with Gasteiger partial charge in [0.2, 0.25) is 0 Å². The van der Waals surface area contributed by atoms with Crippen molar-refractivity contribution < 1.29 is 13.2 Å². The quantitative estimate of drug-likeness (QED) is 0.772. The minimum absolute atomic E-state index is 0.144. The van der Waals surface area contributed by atoms with Gasteiger partial charge in [-0.3, -0.25) is 4.79 Å². The zero-order valence-corrected chi connectivity index (χ0v) is 10.8. The number of nitrogens with zero attached hydrogens (tertiary/aromatic N) is 3. The van der Waals surface area contributed by atoms with E-state index in [-0.39, 0.29) is 5.69 Å². The number of hydrogen-bond donors (Lipinski definition) is 1. The molecule has 9 heteroatoms. The first-order chi connectivity index (χ1) is 8.00. The number of aromatic amines is 1. The van der Waals surface area contributed by atoms with Gasteiger partial charge in [-0.2, -0.15) is 27.2 Å². The summed E-state index contributed by atoms with van der Waals surface area (Å²) in [6, 6.07) is 0. The highest BCUT2D eigenvalue weighted by Gasteiger charge is 2.35. The number of amides is 1. The molecule has 1 aromatic heterocycles. The largest absolute Gasteiger partial charge is 0.318 e. The molecule has 1 aliphatic rings. The predicted octanol–water partition coefficient (Wildman–Crippen LogP) is -0.636. The van der Waals surface area contributed by atoms with E-state index in [0.717, 1.165) is 12.0 Å². The Morgan fingerprint density at radius 1 is 1.65 bits per heavy atom. The molecule has 1 saturated heterocycles. The molecule has 0 spiro atoms. The Labute approximate surface area is 103 Å². The number of H-pyrrole nitrogens is 1.